The molecule has 0 bridgehead atoms. The molecule has 0 amide bonds. The minimum Gasteiger partial charge on any atom is -0.486 e. The smallest absolute Gasteiger partial charge is 0.383 e. The molecule has 3 unspecified atom stereocenters. The number of ether oxygens (including phenoxy) is 5. The van der Waals surface area contributed by atoms with Crippen LogP contribution in [0.2, 0.25) is 15.1 Å². The standard InChI is InChI=1S/C36H38ClNO5.C35H36ClNO5.C28H31ClF2O3Si.CH4/c1-25-6-10-28(11-7-25)34(29-12-16-31(37)17-13-29)23-38(3)22-4-5-27-8-18-33(19-9-27)43-26(2)35(39)24-42-32-20-14-30(15-21-32)36(40)41;1-25-5-9-27(10-6-25)34(28-11-15-30(36)16-12-28)22-37(2)21-3-4-26-7-17-32(18-8-26)41-23-31(38)24-42-33-19-13-29(14-20-33)35(39)40;1-27(2,3)35(24-12-6-4-7-13-24,25-14-8-5-9-15-25)34-20-10-11-22-16-18-23(19-17-22)33-21-26(32)28(29,30)31;/h6-21,26,34H,4-5,22-24H2,1-3H3,(H,40,41);5-20,34H,3-4,21-24H2,1-2H3,(H,39,40);4-9,12-19H,10-11,20-21H2,1-3H3;1H4. The van der Waals surface area contributed by atoms with Crippen LogP contribution in [0.4, 0.5) is 8.78 Å². The van der Waals surface area contributed by atoms with Crippen molar-refractivity contribution in [2.45, 2.75) is 116 Å². The fraction of sp³-hybridized carbons (Fsp3) is 0.290. The monoisotopic (exact) mass is 1720 g/mol. The number of halogens is 5. The average molecular weight is 1720 g/mol. The summed E-state index contributed by atoms with van der Waals surface area (Å²) in [7, 11) is 1.78. The Morgan fingerprint density at radius 2 is 0.752 bits per heavy atom. The molecule has 11 aromatic rings. The topological polar surface area (TPSA) is 188 Å². The van der Waals surface area contributed by atoms with Gasteiger partial charge in [0.2, 0.25) is 11.6 Å². The van der Waals surface area contributed by atoms with E-state index in [1.54, 1.807) is 19.1 Å². The number of rotatable bonds is 41. The molecule has 2 N–H and O–H groups in total. The molecule has 15 nitrogen and oxygen atoms in total. The molecule has 11 aromatic carbocycles. The fourth-order valence-electron chi connectivity index (χ4n) is 13.7. The highest BCUT2D eigenvalue weighted by atomic mass is 35.5. The summed E-state index contributed by atoms with van der Waals surface area (Å²) in [6, 6.07) is 89.5. The van der Waals surface area contributed by atoms with E-state index in [-0.39, 0.29) is 66.8 Å². The molecular formula is C100H109Cl3F2N2O13Si. The molecule has 0 fully saturated rings. The summed E-state index contributed by atoms with van der Waals surface area (Å²) in [5.41, 5.74) is 11.4. The number of aromatic carboxylic acids is 2. The molecule has 0 saturated heterocycles. The maximum absolute atomic E-state index is 12.8. The van der Waals surface area contributed by atoms with Gasteiger partial charge in [0.15, 0.2) is 19.3 Å². The molecule has 0 heterocycles. The van der Waals surface area contributed by atoms with Crippen LogP contribution in [0.1, 0.15) is 137 Å². The van der Waals surface area contributed by atoms with Gasteiger partial charge in [-0.05, 0) is 262 Å². The minimum atomic E-state index is -3.91. The van der Waals surface area contributed by atoms with Crippen molar-refractivity contribution in [2.24, 2.45) is 0 Å². The Labute approximate surface area is 727 Å². The molecule has 3 atom stereocenters. The van der Waals surface area contributed by atoms with Gasteiger partial charge in [0.05, 0.1) is 11.1 Å². The third kappa shape index (κ3) is 30.7. The normalized spacial score (nSPS) is 12.1. The molecule has 0 saturated carbocycles. The zero-order valence-electron chi connectivity index (χ0n) is 69.1. The average Bonchev–Trinajstić information content (AvgIpc) is 0.746. The SMILES string of the molecule is C.CC(C)(C)[Si](OCCCc1ccc(OCC(=O)C(F)(F)Cl)cc1)(c1ccccc1)c1ccccc1.Cc1ccc(C(CN(C)CCCc2ccc(OC(C)C(=O)COc3ccc(C(=O)O)cc3)cc2)c2ccc(Cl)cc2)cc1.Cc1ccc(C(CN(C)CCCc2ccc(OCC(=O)COc3ccc(C(=O)O)cc3)cc2)c2ccc(Cl)cc2)cc1. The van der Waals surface area contributed by atoms with Crippen LogP contribution in [-0.4, -0.2) is 142 Å². The van der Waals surface area contributed by atoms with E-state index in [0.29, 0.717) is 35.4 Å². The fourth-order valence-corrected chi connectivity index (χ4v) is 18.7. The summed E-state index contributed by atoms with van der Waals surface area (Å²) in [6.45, 7) is 15.8. The third-order valence-electron chi connectivity index (χ3n) is 20.5. The maximum atomic E-state index is 12.8. The van der Waals surface area contributed by atoms with Crippen LogP contribution < -0.4 is 34.1 Å². The van der Waals surface area contributed by atoms with E-state index >= 15 is 0 Å². The van der Waals surface area contributed by atoms with Crippen molar-refractivity contribution in [3.63, 3.8) is 0 Å². The summed E-state index contributed by atoms with van der Waals surface area (Å²) in [6.07, 6.45) is 4.83. The van der Waals surface area contributed by atoms with E-state index in [1.807, 2.05) is 97.1 Å². The Morgan fingerprint density at radius 1 is 0.430 bits per heavy atom. The zero-order chi connectivity index (χ0) is 86.2. The van der Waals surface area contributed by atoms with E-state index in [4.69, 9.17) is 73.1 Å². The number of aryl methyl sites for hydroxylation is 5. The highest BCUT2D eigenvalue weighted by molar-refractivity contribution is 6.99. The number of likely N-dealkylation sites (N-methyl/N-ethyl adjacent to an activating group) is 2. The van der Waals surface area contributed by atoms with Crippen molar-refractivity contribution >= 4 is 82.8 Å². The molecule has 11 rings (SSSR count). The highest BCUT2D eigenvalue weighted by Gasteiger charge is 2.50. The highest BCUT2D eigenvalue weighted by Crippen LogP contribution is 2.38. The molecule has 0 aliphatic heterocycles. The van der Waals surface area contributed by atoms with Crippen LogP contribution in [0.15, 0.2) is 279 Å². The zero-order valence-corrected chi connectivity index (χ0v) is 72.3. The molecule has 0 spiro atoms. The molecule has 0 aliphatic rings. The lowest BCUT2D eigenvalue weighted by molar-refractivity contribution is -0.135. The van der Waals surface area contributed by atoms with Gasteiger partial charge in [-0.1, -0.05) is 232 Å². The third-order valence-corrected chi connectivity index (χ3v) is 26.2. The van der Waals surface area contributed by atoms with Gasteiger partial charge >= 0.3 is 17.3 Å². The summed E-state index contributed by atoms with van der Waals surface area (Å²) in [5, 5.41) is 17.9. The number of nitrogens with zero attached hydrogens (tertiary/aromatic N) is 2. The number of carboxylic acids is 2. The molecule has 21 heteroatoms. The van der Waals surface area contributed by atoms with Gasteiger partial charge in [-0.3, -0.25) is 14.4 Å². The summed E-state index contributed by atoms with van der Waals surface area (Å²) in [5.74, 6) is -0.964. The Bertz CT molecular complexity index is 4860. The lowest BCUT2D eigenvalue weighted by Crippen LogP contribution is -2.66. The van der Waals surface area contributed by atoms with Crippen LogP contribution in [-0.2, 0) is 38.1 Å². The van der Waals surface area contributed by atoms with E-state index in [1.165, 1.54) is 103 Å². The molecule has 0 radical (unpaired) electrons. The van der Waals surface area contributed by atoms with Crippen molar-refractivity contribution in [1.82, 2.24) is 9.80 Å². The van der Waals surface area contributed by atoms with Crippen LogP contribution in [0.25, 0.3) is 0 Å². The van der Waals surface area contributed by atoms with Crippen LogP contribution in [0.3, 0.4) is 0 Å². The first-order chi connectivity index (χ1) is 57.5. The Kier molecular flexibility index (Phi) is 37.5. The minimum absolute atomic E-state index is 0. The van der Waals surface area contributed by atoms with Crippen molar-refractivity contribution in [2.75, 3.05) is 73.3 Å². The van der Waals surface area contributed by atoms with Crippen LogP contribution in [0, 0.1) is 13.8 Å². The number of carbonyl (C=O) groups excluding carboxylic acids is 3. The number of ketones is 3. The lowest BCUT2D eigenvalue weighted by Gasteiger charge is -2.43. The van der Waals surface area contributed by atoms with Gasteiger partial charge in [0.25, 0.3) is 14.1 Å². The number of hydrogen-bond donors (Lipinski definition) is 2. The Morgan fingerprint density at radius 3 is 1.10 bits per heavy atom. The molecule has 0 aromatic heterocycles. The summed E-state index contributed by atoms with van der Waals surface area (Å²) in [4.78, 5) is 62.5. The molecule has 121 heavy (non-hydrogen) atoms. The largest absolute Gasteiger partial charge is 0.486 e. The van der Waals surface area contributed by atoms with E-state index in [2.05, 4.69) is 180 Å². The Hall–Kier alpha value is -10.8. The number of alkyl halides is 3. The second-order valence-electron chi connectivity index (χ2n) is 30.8. The molecule has 0 aliphatic carbocycles. The first-order valence-corrected chi connectivity index (χ1v) is 43.0. The van der Waals surface area contributed by atoms with E-state index < -0.39 is 44.1 Å². The quantitative estimate of drug-likeness (QED) is 0.0209. The van der Waals surface area contributed by atoms with E-state index in [0.717, 1.165) is 80.3 Å². The second kappa shape index (κ2) is 47.4. The van der Waals surface area contributed by atoms with Gasteiger partial charge in [-0.2, -0.15) is 8.78 Å². The summed E-state index contributed by atoms with van der Waals surface area (Å²) < 4.78 is 59.9. The first kappa shape index (κ1) is 95.7. The molecular weight excluding hydrogens is 1610 g/mol. The summed E-state index contributed by atoms with van der Waals surface area (Å²) >= 11 is 17.0. The van der Waals surface area contributed by atoms with E-state index in [9.17, 15) is 32.8 Å². The van der Waals surface area contributed by atoms with Crippen molar-refractivity contribution in [3.8, 4) is 28.7 Å². The number of carbonyl (C=O) groups is 5. The molecule has 636 valence electrons. The number of carboxylic acid groups (broad SMARTS) is 2. The second-order valence-corrected chi connectivity index (χ2v) is 36.5. The first-order valence-electron chi connectivity index (χ1n) is 40.0. The predicted octanol–water partition coefficient (Wildman–Crippen LogP) is 21.1. The van der Waals surface area contributed by atoms with Gasteiger partial charge in [0.1, 0.15) is 42.0 Å². The van der Waals surface area contributed by atoms with Gasteiger partial charge < -0.3 is 48.1 Å². The predicted molar refractivity (Wildman–Crippen MR) is 483 cm³/mol. The lowest BCUT2D eigenvalue weighted by atomic mass is 9.90. The van der Waals surface area contributed by atoms with Crippen LogP contribution in [0.5, 0.6) is 28.7 Å². The van der Waals surface area contributed by atoms with Crippen molar-refractivity contribution in [1.29, 1.82) is 0 Å². The van der Waals surface area contributed by atoms with Gasteiger partial charge in [0, 0.05) is 41.6 Å². The Balaban J connectivity index is 0.000000226. The van der Waals surface area contributed by atoms with Crippen molar-refractivity contribution < 1.29 is 71.1 Å². The van der Waals surface area contributed by atoms with Crippen LogP contribution >= 0.6 is 34.8 Å². The number of Topliss-reactive ketones (excluding diaryl/α,β-unsaturated/α-hetero) is 3. The van der Waals surface area contributed by atoms with Gasteiger partial charge in [-0.25, -0.2) is 9.59 Å². The van der Waals surface area contributed by atoms with Gasteiger partial charge in [-0.15, -0.1) is 0 Å². The number of hydrogen-bond acceptors (Lipinski definition) is 13. The maximum Gasteiger partial charge on any atom is 0.383 e. The van der Waals surface area contributed by atoms with Crippen molar-refractivity contribution in [3.05, 3.63) is 350 Å². The number of benzene rings is 11.